The minimum Gasteiger partial charge on any atom is -0.481 e. The van der Waals surface area contributed by atoms with E-state index in [1.807, 2.05) is 6.07 Å². The number of carboxylic acid groups (broad SMARTS) is 1. The molecule has 0 spiro atoms. The van der Waals surface area contributed by atoms with E-state index < -0.39 is 11.4 Å². The summed E-state index contributed by atoms with van der Waals surface area (Å²) in [6.07, 6.45) is 5.93. The van der Waals surface area contributed by atoms with Crippen LogP contribution in [0.5, 0.6) is 0 Å². The zero-order valence-electron chi connectivity index (χ0n) is 17.2. The average Bonchev–Trinajstić information content (AvgIpc) is 3.18. The predicted molar refractivity (Wildman–Crippen MR) is 114 cm³/mol. The molecular formula is C23H27N3O3. The van der Waals surface area contributed by atoms with Crippen LogP contribution in [0, 0.1) is 12.5 Å². The van der Waals surface area contributed by atoms with Gasteiger partial charge in [-0.05, 0) is 62.8 Å². The molecule has 2 aliphatic rings. The van der Waals surface area contributed by atoms with Crippen LogP contribution in [-0.2, 0) is 15.0 Å². The summed E-state index contributed by atoms with van der Waals surface area (Å²) < 4.78 is 0. The standard InChI is InChI=1S/C23H27N3O3/c1-15-9-11-26(12-10-15)20-14-17(23(2,3)22(28)29)6-8-19(20)25-21(27)16-5-7-18(13-16)24-4/h6-8,13-15H,5,9-12H2,1-3H3,(H,25,27)(H,28,29). The number of benzene rings is 1. The quantitative estimate of drug-likeness (QED) is 0.729. The van der Waals surface area contributed by atoms with Gasteiger partial charge in [-0.3, -0.25) is 9.59 Å². The molecule has 1 aliphatic carbocycles. The third kappa shape index (κ3) is 4.34. The number of hydrogen-bond donors (Lipinski definition) is 2. The van der Waals surface area contributed by atoms with Crippen molar-refractivity contribution in [3.05, 3.63) is 58.6 Å². The van der Waals surface area contributed by atoms with Gasteiger partial charge in [-0.25, -0.2) is 4.85 Å². The number of aliphatic carboxylic acids is 1. The van der Waals surface area contributed by atoms with E-state index in [2.05, 4.69) is 22.0 Å². The molecule has 1 heterocycles. The van der Waals surface area contributed by atoms with E-state index in [1.54, 1.807) is 38.1 Å². The van der Waals surface area contributed by atoms with Gasteiger partial charge in [0.15, 0.2) is 5.70 Å². The second-order valence-corrected chi connectivity index (χ2v) is 8.40. The lowest BCUT2D eigenvalue weighted by Crippen LogP contribution is -2.34. The molecule has 6 nitrogen and oxygen atoms in total. The average molecular weight is 393 g/mol. The summed E-state index contributed by atoms with van der Waals surface area (Å²) in [5.41, 5.74) is 2.25. The molecule has 1 amide bonds. The molecule has 1 fully saturated rings. The Morgan fingerprint density at radius 2 is 1.97 bits per heavy atom. The molecule has 0 aromatic heterocycles. The van der Waals surface area contributed by atoms with Gasteiger partial charge in [0.1, 0.15) is 0 Å². The highest BCUT2D eigenvalue weighted by atomic mass is 16.4. The van der Waals surface area contributed by atoms with Crippen LogP contribution >= 0.6 is 0 Å². The summed E-state index contributed by atoms with van der Waals surface area (Å²) in [5, 5.41) is 12.6. The second-order valence-electron chi connectivity index (χ2n) is 8.40. The van der Waals surface area contributed by atoms with Crippen molar-refractivity contribution >= 4 is 23.3 Å². The highest BCUT2D eigenvalue weighted by Gasteiger charge is 2.31. The summed E-state index contributed by atoms with van der Waals surface area (Å²) in [5.74, 6) is -0.456. The largest absolute Gasteiger partial charge is 0.481 e. The molecule has 1 aromatic carbocycles. The van der Waals surface area contributed by atoms with Gasteiger partial charge in [-0.2, -0.15) is 0 Å². The number of carbonyl (C=O) groups excluding carboxylic acids is 1. The van der Waals surface area contributed by atoms with Crippen LogP contribution in [-0.4, -0.2) is 30.1 Å². The van der Waals surface area contributed by atoms with Crippen LogP contribution in [0.15, 0.2) is 41.6 Å². The number of carbonyl (C=O) groups is 2. The normalized spacial score (nSPS) is 17.4. The van der Waals surface area contributed by atoms with Crippen LogP contribution in [0.1, 0.15) is 45.6 Å². The van der Waals surface area contributed by atoms with Gasteiger partial charge < -0.3 is 15.3 Å². The van der Waals surface area contributed by atoms with E-state index >= 15 is 0 Å². The Balaban J connectivity index is 1.92. The smallest absolute Gasteiger partial charge is 0.313 e. The Morgan fingerprint density at radius 3 is 2.55 bits per heavy atom. The molecule has 0 bridgehead atoms. The van der Waals surface area contributed by atoms with Gasteiger partial charge in [0.2, 0.25) is 0 Å². The van der Waals surface area contributed by atoms with Crippen molar-refractivity contribution in [2.24, 2.45) is 5.92 Å². The first kappa shape index (κ1) is 20.7. The number of piperidine rings is 1. The van der Waals surface area contributed by atoms with E-state index in [-0.39, 0.29) is 5.91 Å². The molecule has 1 aromatic rings. The minimum atomic E-state index is -1.03. The van der Waals surface area contributed by atoms with Crippen LogP contribution in [0.4, 0.5) is 11.4 Å². The lowest BCUT2D eigenvalue weighted by Gasteiger charge is -2.34. The van der Waals surface area contributed by atoms with Crippen molar-refractivity contribution in [3.8, 4) is 0 Å². The third-order valence-electron chi connectivity index (χ3n) is 5.90. The van der Waals surface area contributed by atoms with Gasteiger partial charge in [0.25, 0.3) is 5.91 Å². The Hall–Kier alpha value is -3.07. The van der Waals surface area contributed by atoms with E-state index in [0.29, 0.717) is 34.9 Å². The van der Waals surface area contributed by atoms with Gasteiger partial charge in [0.05, 0.1) is 23.4 Å². The maximum Gasteiger partial charge on any atom is 0.313 e. The molecule has 29 heavy (non-hydrogen) atoms. The van der Waals surface area contributed by atoms with Gasteiger partial charge in [-0.1, -0.05) is 19.1 Å². The monoisotopic (exact) mass is 393 g/mol. The van der Waals surface area contributed by atoms with Crippen molar-refractivity contribution in [3.63, 3.8) is 0 Å². The predicted octanol–water partition coefficient (Wildman–Crippen LogP) is 4.36. The second kappa shape index (κ2) is 8.12. The number of allylic oxidation sites excluding steroid dienone is 2. The van der Waals surface area contributed by atoms with Crippen LogP contribution in [0.25, 0.3) is 4.85 Å². The highest BCUT2D eigenvalue weighted by molar-refractivity contribution is 6.06. The first-order valence-electron chi connectivity index (χ1n) is 9.94. The SMILES string of the molecule is [C-]#[N+]C1=CCC(C(=O)Nc2ccc(C(C)(C)C(=O)O)cc2N2CCC(C)CC2)=C1. The molecule has 0 unspecified atom stereocenters. The van der Waals surface area contributed by atoms with Crippen molar-refractivity contribution < 1.29 is 14.7 Å². The fraction of sp³-hybridized carbons (Fsp3) is 0.435. The molecule has 0 saturated carbocycles. The molecule has 0 atom stereocenters. The maximum absolute atomic E-state index is 12.7. The third-order valence-corrected chi connectivity index (χ3v) is 5.90. The molecule has 0 radical (unpaired) electrons. The minimum absolute atomic E-state index is 0.225. The Bertz CT molecular complexity index is 929. The van der Waals surface area contributed by atoms with Crippen LogP contribution < -0.4 is 10.2 Å². The van der Waals surface area contributed by atoms with Gasteiger partial charge >= 0.3 is 5.97 Å². The number of hydrogen-bond acceptors (Lipinski definition) is 3. The van der Waals surface area contributed by atoms with Crippen molar-refractivity contribution in [1.82, 2.24) is 0 Å². The van der Waals surface area contributed by atoms with Crippen LogP contribution in [0.3, 0.4) is 0 Å². The summed E-state index contributed by atoms with van der Waals surface area (Å²) in [6, 6.07) is 5.46. The number of amides is 1. The Labute approximate surface area is 171 Å². The number of nitrogens with zero attached hydrogens (tertiary/aromatic N) is 2. The fourth-order valence-corrected chi connectivity index (χ4v) is 3.61. The Morgan fingerprint density at radius 1 is 1.28 bits per heavy atom. The summed E-state index contributed by atoms with van der Waals surface area (Å²) in [6.45, 7) is 14.4. The van der Waals surface area contributed by atoms with E-state index in [0.717, 1.165) is 31.6 Å². The maximum atomic E-state index is 12.7. The van der Waals surface area contributed by atoms with Crippen molar-refractivity contribution in [2.45, 2.75) is 45.4 Å². The molecule has 3 rings (SSSR count). The number of anilines is 2. The van der Waals surface area contributed by atoms with Crippen LogP contribution in [0.2, 0.25) is 0 Å². The fourth-order valence-electron chi connectivity index (χ4n) is 3.61. The highest BCUT2D eigenvalue weighted by Crippen LogP contribution is 2.35. The zero-order valence-corrected chi connectivity index (χ0v) is 17.2. The molecule has 152 valence electrons. The first-order chi connectivity index (χ1) is 13.7. The molecule has 6 heteroatoms. The summed E-state index contributed by atoms with van der Waals surface area (Å²) >= 11 is 0. The number of carboxylic acids is 1. The van der Waals surface area contributed by atoms with Gasteiger partial charge in [-0.15, -0.1) is 0 Å². The molecule has 1 saturated heterocycles. The van der Waals surface area contributed by atoms with E-state index in [9.17, 15) is 14.7 Å². The van der Waals surface area contributed by atoms with Gasteiger partial charge in [0, 0.05) is 18.7 Å². The lowest BCUT2D eigenvalue weighted by molar-refractivity contribution is -0.142. The molecule has 2 N–H and O–H groups in total. The molecule has 1 aliphatic heterocycles. The van der Waals surface area contributed by atoms with Crippen molar-refractivity contribution in [1.29, 1.82) is 0 Å². The zero-order chi connectivity index (χ0) is 21.2. The topological polar surface area (TPSA) is 74.0 Å². The number of rotatable bonds is 5. The summed E-state index contributed by atoms with van der Waals surface area (Å²) in [4.78, 5) is 30.0. The Kier molecular flexibility index (Phi) is 5.78. The molecular weight excluding hydrogens is 366 g/mol. The van der Waals surface area contributed by atoms with E-state index in [1.165, 1.54) is 0 Å². The first-order valence-corrected chi connectivity index (χ1v) is 9.94. The number of nitrogens with one attached hydrogen (secondary N) is 1. The summed E-state index contributed by atoms with van der Waals surface area (Å²) in [7, 11) is 0. The van der Waals surface area contributed by atoms with E-state index in [4.69, 9.17) is 6.57 Å². The van der Waals surface area contributed by atoms with Crippen molar-refractivity contribution in [2.75, 3.05) is 23.3 Å². The lowest BCUT2D eigenvalue weighted by atomic mass is 9.84.